The average Bonchev–Trinajstić information content (AvgIpc) is 3.06. The second-order valence-corrected chi connectivity index (χ2v) is 28.0. The Kier molecular flexibility index (Phi) is 13.0. The molecule has 0 atom stereocenters. The quantitative estimate of drug-likeness (QED) is 0.0614. The minimum atomic E-state index is -3.00. The zero-order valence-electron chi connectivity index (χ0n) is 26.1. The number of hydrogen-bond donors (Lipinski definition) is 0. The topological polar surface area (TPSA) is 9.23 Å². The van der Waals surface area contributed by atoms with Gasteiger partial charge in [-0.2, -0.15) is 0 Å². The van der Waals surface area contributed by atoms with Gasteiger partial charge in [0, 0.05) is 0 Å². The van der Waals surface area contributed by atoms with Crippen molar-refractivity contribution < 1.29 is 4.43 Å². The van der Waals surface area contributed by atoms with E-state index in [1.54, 1.807) is 0 Å². The zero-order chi connectivity index (χ0) is 29.5. The first-order valence-electron chi connectivity index (χ1n) is 16.3. The van der Waals surface area contributed by atoms with Crippen molar-refractivity contribution in [1.82, 2.24) is 0 Å². The van der Waals surface area contributed by atoms with E-state index in [1.807, 2.05) is 0 Å². The molecule has 0 saturated heterocycles. The summed E-state index contributed by atoms with van der Waals surface area (Å²) >= 11 is -3.00. The molecule has 220 valence electrons. The summed E-state index contributed by atoms with van der Waals surface area (Å²) in [6, 6.07) is 44.5. The molecule has 0 bridgehead atoms. The normalized spacial score (nSPS) is 12.3. The van der Waals surface area contributed by atoms with Gasteiger partial charge in [-0.15, -0.1) is 0 Å². The van der Waals surface area contributed by atoms with Crippen LogP contribution in [0.5, 0.6) is 0 Å². The third-order valence-electron chi connectivity index (χ3n) is 8.72. The molecule has 42 heavy (non-hydrogen) atoms. The van der Waals surface area contributed by atoms with Crippen LogP contribution in [0.25, 0.3) is 0 Å². The molecular formula is C39H50OSiSn. The second-order valence-electron chi connectivity index (χ2n) is 11.7. The summed E-state index contributed by atoms with van der Waals surface area (Å²) in [7, 11) is -2.87. The monoisotopic (exact) mass is 682 g/mol. The van der Waals surface area contributed by atoms with E-state index in [9.17, 15) is 0 Å². The van der Waals surface area contributed by atoms with Crippen molar-refractivity contribution in [3.8, 4) is 0 Å². The molecule has 0 saturated carbocycles. The summed E-state index contributed by atoms with van der Waals surface area (Å²) in [6.45, 7) is 7.09. The first-order valence-corrected chi connectivity index (χ1v) is 25.7. The molecule has 1 nitrogen and oxygen atoms in total. The van der Waals surface area contributed by atoms with Crippen LogP contribution in [-0.2, 0) is 10.8 Å². The van der Waals surface area contributed by atoms with Crippen LogP contribution in [0.3, 0.4) is 0 Å². The maximum atomic E-state index is 8.07. The van der Waals surface area contributed by atoms with Crippen LogP contribution in [0, 0.1) is 0 Å². The molecule has 0 amide bonds. The molecule has 3 heteroatoms. The van der Waals surface area contributed by atoms with Gasteiger partial charge in [0.1, 0.15) is 0 Å². The van der Waals surface area contributed by atoms with Gasteiger partial charge in [-0.05, 0) is 0 Å². The Balaban J connectivity index is 1.99. The fraction of sp³-hybridized carbons (Fsp3) is 0.333. The molecule has 4 aromatic rings. The molecule has 0 spiro atoms. The second kappa shape index (κ2) is 16.9. The molecule has 4 aromatic carbocycles. The van der Waals surface area contributed by atoms with Crippen molar-refractivity contribution in [2.45, 2.75) is 79.0 Å². The van der Waals surface area contributed by atoms with Gasteiger partial charge in [0.25, 0.3) is 0 Å². The summed E-state index contributed by atoms with van der Waals surface area (Å²) in [5.41, 5.74) is 1.37. The van der Waals surface area contributed by atoms with Gasteiger partial charge >= 0.3 is 262 Å². The van der Waals surface area contributed by atoms with Crippen molar-refractivity contribution in [2.75, 3.05) is 0 Å². The van der Waals surface area contributed by atoms with Gasteiger partial charge in [-0.25, -0.2) is 0 Å². The van der Waals surface area contributed by atoms with Crippen LogP contribution in [0.1, 0.15) is 64.9 Å². The van der Waals surface area contributed by atoms with Crippen LogP contribution >= 0.6 is 0 Å². The third kappa shape index (κ3) is 8.08. The van der Waals surface area contributed by atoms with Crippen molar-refractivity contribution in [3.05, 3.63) is 137 Å². The number of benzene rings is 4. The molecule has 0 unspecified atom stereocenters. The predicted molar refractivity (Wildman–Crippen MR) is 188 cm³/mol. The minimum absolute atomic E-state index is 0.933. The average molecular weight is 682 g/mol. The molecule has 0 N–H and O–H groups in total. The predicted octanol–water partition coefficient (Wildman–Crippen LogP) is 9.19. The van der Waals surface area contributed by atoms with E-state index < -0.39 is 26.7 Å². The molecule has 0 aromatic heterocycles. The Bertz CT molecular complexity index is 1200. The maximum absolute atomic E-state index is 8.07. The Morgan fingerprint density at radius 3 is 1.26 bits per heavy atom. The molecule has 0 aliphatic rings. The van der Waals surface area contributed by atoms with E-state index in [4.69, 9.17) is 4.43 Å². The molecule has 4 rings (SSSR count). The van der Waals surface area contributed by atoms with Crippen molar-refractivity contribution in [2.24, 2.45) is 0 Å². The molecule has 0 heterocycles. The van der Waals surface area contributed by atoms with Gasteiger partial charge in [0.15, 0.2) is 0 Å². The first kappa shape index (κ1) is 32.4. The van der Waals surface area contributed by atoms with E-state index in [2.05, 4.69) is 148 Å². The van der Waals surface area contributed by atoms with Gasteiger partial charge in [0.2, 0.25) is 0 Å². The van der Waals surface area contributed by atoms with Crippen LogP contribution in [0.4, 0.5) is 0 Å². The van der Waals surface area contributed by atoms with Crippen molar-refractivity contribution in [3.63, 3.8) is 0 Å². The standard InChI is InChI=1S/C27H23OSi.3C4H9.Sn/c1-5-14-24(15-6-1)16-13-23-28-29(25-17-7-2-8-18-25,26-19-9-3-10-20-26)27-21-11-4-12-22-27;3*1-3-4-2;/h1-15,17-22H,16H2;3*1,3-4H2,2H3;. The number of unbranched alkanes of at least 4 members (excludes halogenated alkanes) is 3. The van der Waals surface area contributed by atoms with Crippen LogP contribution in [-0.4, -0.2) is 26.7 Å². The fourth-order valence-electron chi connectivity index (χ4n) is 6.34. The molecule has 0 fully saturated rings. The first-order chi connectivity index (χ1) is 20.7. The molecule has 0 radical (unpaired) electrons. The number of rotatable bonds is 17. The summed E-state index contributed by atoms with van der Waals surface area (Å²) in [5, 5.41) is 3.99. The molecule has 0 aliphatic carbocycles. The van der Waals surface area contributed by atoms with Crippen molar-refractivity contribution in [1.29, 1.82) is 0 Å². The Labute approximate surface area is 261 Å². The Morgan fingerprint density at radius 2 is 0.905 bits per heavy atom. The number of allylic oxidation sites excluding steroid dienone is 1. The van der Waals surface area contributed by atoms with E-state index in [0.29, 0.717) is 0 Å². The number of hydrogen-bond acceptors (Lipinski definition) is 1. The summed E-state index contributed by atoms with van der Waals surface area (Å²) < 4.78 is 13.7. The van der Waals surface area contributed by atoms with Gasteiger partial charge in [0.05, 0.1) is 0 Å². The molecule has 0 aliphatic heterocycles. The summed E-state index contributed by atoms with van der Waals surface area (Å²) in [6.07, 6.45) is 11.2. The zero-order valence-corrected chi connectivity index (χ0v) is 30.0. The fourth-order valence-corrected chi connectivity index (χ4v) is 28.1. The van der Waals surface area contributed by atoms with Crippen LogP contribution < -0.4 is 15.6 Å². The molecular weight excluding hydrogens is 631 g/mol. The summed E-state index contributed by atoms with van der Waals surface area (Å²) in [4.78, 5) is 0. The van der Waals surface area contributed by atoms with E-state index in [-0.39, 0.29) is 0 Å². The van der Waals surface area contributed by atoms with Gasteiger partial charge < -0.3 is 0 Å². The third-order valence-corrected chi connectivity index (χ3v) is 28.3. The van der Waals surface area contributed by atoms with E-state index >= 15 is 0 Å². The SMILES string of the molecule is CCC[CH2][Sn]([CH2]CCC)([CH2]CCC)/[C](=C\Cc1ccccc1)O[Si](c1ccccc1)(c1ccccc1)c1ccccc1. The van der Waals surface area contributed by atoms with Crippen LogP contribution in [0.2, 0.25) is 13.3 Å². The van der Waals surface area contributed by atoms with Crippen LogP contribution in [0.15, 0.2) is 131 Å². The Hall–Kier alpha value is -2.56. The van der Waals surface area contributed by atoms with Gasteiger partial charge in [-0.3, -0.25) is 0 Å². The van der Waals surface area contributed by atoms with E-state index in [0.717, 1.165) is 6.42 Å². The van der Waals surface area contributed by atoms with Gasteiger partial charge in [-0.1, -0.05) is 0 Å². The Morgan fingerprint density at radius 1 is 0.548 bits per heavy atom. The van der Waals surface area contributed by atoms with Crippen molar-refractivity contribution >= 4 is 42.3 Å². The summed E-state index contributed by atoms with van der Waals surface area (Å²) in [5.74, 6) is 0. The van der Waals surface area contributed by atoms with E-state index in [1.165, 1.54) is 76.7 Å².